The normalized spacial score (nSPS) is 10.4. The van der Waals surface area contributed by atoms with Crippen LogP contribution >= 0.6 is 0 Å². The van der Waals surface area contributed by atoms with Gasteiger partial charge >= 0.3 is 0 Å². The lowest BCUT2D eigenvalue weighted by atomic mass is 10.2. The molecule has 0 atom stereocenters. The van der Waals surface area contributed by atoms with Gasteiger partial charge in [0.25, 0.3) is 0 Å². The summed E-state index contributed by atoms with van der Waals surface area (Å²) < 4.78 is 41.1. The average molecular weight is 282 g/mol. The molecule has 20 heavy (non-hydrogen) atoms. The molecule has 0 fully saturated rings. The molecule has 0 bridgehead atoms. The minimum absolute atomic E-state index is 0.171. The molecule has 0 unspecified atom stereocenters. The fourth-order valence-electron chi connectivity index (χ4n) is 1.59. The molecule has 2 N–H and O–H groups in total. The Morgan fingerprint density at radius 1 is 1.15 bits per heavy atom. The van der Waals surface area contributed by atoms with Crippen molar-refractivity contribution >= 4 is 17.5 Å². The maximum Gasteiger partial charge on any atom is 0.224 e. The number of nitrogens with zero attached hydrogens (tertiary/aromatic N) is 2. The van der Waals surface area contributed by atoms with Crippen molar-refractivity contribution < 1.29 is 13.2 Å². The molecule has 1 heterocycles. The largest absolute Gasteiger partial charge is 0.354 e. The molecule has 4 nitrogen and oxygen atoms in total. The van der Waals surface area contributed by atoms with E-state index in [4.69, 9.17) is 0 Å². The third kappa shape index (κ3) is 2.81. The predicted molar refractivity (Wildman–Crippen MR) is 70.5 cm³/mol. The quantitative estimate of drug-likeness (QED) is 0.902. The molecule has 2 aromatic rings. The van der Waals surface area contributed by atoms with Crippen molar-refractivity contribution in [3.05, 3.63) is 41.3 Å². The molecule has 0 spiro atoms. The van der Waals surface area contributed by atoms with Crippen LogP contribution < -0.4 is 10.6 Å². The van der Waals surface area contributed by atoms with E-state index in [0.717, 1.165) is 12.3 Å². The molecule has 0 saturated carbocycles. The van der Waals surface area contributed by atoms with Crippen LogP contribution in [0.4, 0.5) is 30.6 Å². The van der Waals surface area contributed by atoms with Gasteiger partial charge in [0.15, 0.2) is 17.5 Å². The van der Waals surface area contributed by atoms with E-state index in [1.807, 2.05) is 6.92 Å². The molecule has 0 radical (unpaired) electrons. The van der Waals surface area contributed by atoms with Gasteiger partial charge in [-0.1, -0.05) is 6.07 Å². The van der Waals surface area contributed by atoms with Gasteiger partial charge in [-0.15, -0.1) is 0 Å². The van der Waals surface area contributed by atoms with E-state index in [9.17, 15) is 13.2 Å². The Kier molecular flexibility index (Phi) is 4.07. The summed E-state index contributed by atoms with van der Waals surface area (Å²) in [6.45, 7) is 3.85. The van der Waals surface area contributed by atoms with Gasteiger partial charge in [0.05, 0.1) is 6.20 Å². The Morgan fingerprint density at radius 3 is 2.60 bits per heavy atom. The Hall–Kier alpha value is -2.31. The summed E-state index contributed by atoms with van der Waals surface area (Å²) in [5.74, 6) is -2.53. The Morgan fingerprint density at radius 2 is 1.90 bits per heavy atom. The summed E-state index contributed by atoms with van der Waals surface area (Å²) >= 11 is 0. The number of anilines is 3. The van der Waals surface area contributed by atoms with E-state index in [2.05, 4.69) is 20.6 Å². The van der Waals surface area contributed by atoms with Gasteiger partial charge in [0.1, 0.15) is 11.5 Å². The van der Waals surface area contributed by atoms with Gasteiger partial charge in [0, 0.05) is 6.54 Å². The van der Waals surface area contributed by atoms with Crippen molar-refractivity contribution in [2.45, 2.75) is 13.8 Å². The van der Waals surface area contributed by atoms with Crippen molar-refractivity contribution in [2.24, 2.45) is 0 Å². The average Bonchev–Trinajstić information content (AvgIpc) is 2.43. The lowest BCUT2D eigenvalue weighted by molar-refractivity contribution is 0.582. The lowest BCUT2D eigenvalue weighted by Gasteiger charge is -2.11. The number of nitrogens with one attached hydrogen (secondary N) is 2. The Bertz CT molecular complexity index is 631. The second-order valence-corrected chi connectivity index (χ2v) is 4.10. The van der Waals surface area contributed by atoms with E-state index in [0.29, 0.717) is 6.54 Å². The molecule has 0 saturated heterocycles. The monoisotopic (exact) mass is 282 g/mol. The first-order valence-corrected chi connectivity index (χ1v) is 6.01. The van der Waals surface area contributed by atoms with Crippen LogP contribution in [0.2, 0.25) is 0 Å². The fourth-order valence-corrected chi connectivity index (χ4v) is 1.59. The van der Waals surface area contributed by atoms with Gasteiger partial charge in [-0.2, -0.15) is 4.98 Å². The zero-order chi connectivity index (χ0) is 14.7. The third-order valence-corrected chi connectivity index (χ3v) is 2.61. The first kappa shape index (κ1) is 14.1. The smallest absolute Gasteiger partial charge is 0.224 e. The first-order valence-electron chi connectivity index (χ1n) is 6.01. The predicted octanol–water partition coefficient (Wildman–Crippen LogP) is 3.38. The third-order valence-electron chi connectivity index (χ3n) is 2.61. The van der Waals surface area contributed by atoms with Crippen LogP contribution in [0.25, 0.3) is 0 Å². The highest BCUT2D eigenvalue weighted by Crippen LogP contribution is 2.26. The van der Waals surface area contributed by atoms with E-state index in [-0.39, 0.29) is 17.3 Å². The summed E-state index contributed by atoms with van der Waals surface area (Å²) in [5.41, 5.74) is -0.194. The number of aryl methyl sites for hydroxylation is 1. The molecule has 106 valence electrons. The second kappa shape index (κ2) is 5.77. The van der Waals surface area contributed by atoms with Crippen molar-refractivity contribution in [1.29, 1.82) is 0 Å². The summed E-state index contributed by atoms with van der Waals surface area (Å²) in [6, 6.07) is 2.40. The molecule has 0 aliphatic heterocycles. The summed E-state index contributed by atoms with van der Waals surface area (Å²) in [5, 5.41) is 5.12. The van der Waals surface area contributed by atoms with Crippen molar-refractivity contribution in [2.75, 3.05) is 17.2 Å². The van der Waals surface area contributed by atoms with Crippen LogP contribution in [-0.4, -0.2) is 16.5 Å². The number of halogens is 3. The highest BCUT2D eigenvalue weighted by molar-refractivity contribution is 5.60. The highest BCUT2D eigenvalue weighted by Gasteiger charge is 2.15. The molecular formula is C13H13F3N4. The zero-order valence-electron chi connectivity index (χ0n) is 11.0. The number of hydrogen-bond donors (Lipinski definition) is 2. The molecule has 1 aromatic heterocycles. The molecule has 7 heteroatoms. The molecule has 0 aliphatic carbocycles. The minimum Gasteiger partial charge on any atom is -0.354 e. The number of benzene rings is 1. The number of aromatic nitrogens is 2. The maximum absolute atomic E-state index is 13.8. The van der Waals surface area contributed by atoms with Crippen LogP contribution in [-0.2, 0) is 0 Å². The van der Waals surface area contributed by atoms with Crippen molar-refractivity contribution in [1.82, 2.24) is 9.97 Å². The van der Waals surface area contributed by atoms with Gasteiger partial charge in [-0.25, -0.2) is 18.2 Å². The van der Waals surface area contributed by atoms with E-state index >= 15 is 0 Å². The standard InChI is InChI=1S/C13H13F3N4/c1-3-17-13-18-6-9(15)12(20-13)19-11-8(14)5-4-7(2)10(11)16/h4-6H,3H2,1-2H3,(H2,17,18,19,20). The van der Waals surface area contributed by atoms with E-state index in [1.54, 1.807) is 0 Å². The molecule has 0 amide bonds. The van der Waals surface area contributed by atoms with Gasteiger partial charge in [-0.05, 0) is 25.5 Å². The molecule has 2 rings (SSSR count). The van der Waals surface area contributed by atoms with Gasteiger partial charge < -0.3 is 10.6 Å². The summed E-state index contributed by atoms with van der Waals surface area (Å²) in [6.07, 6.45) is 0.929. The van der Waals surface area contributed by atoms with Crippen LogP contribution in [0.1, 0.15) is 12.5 Å². The highest BCUT2D eigenvalue weighted by atomic mass is 19.1. The second-order valence-electron chi connectivity index (χ2n) is 4.10. The topological polar surface area (TPSA) is 49.8 Å². The first-order chi connectivity index (χ1) is 9.52. The van der Waals surface area contributed by atoms with Crippen LogP contribution in [0.3, 0.4) is 0 Å². The summed E-state index contributed by atoms with van der Waals surface area (Å²) in [7, 11) is 0. The van der Waals surface area contributed by atoms with Gasteiger partial charge in [-0.3, -0.25) is 0 Å². The minimum atomic E-state index is -0.823. The van der Waals surface area contributed by atoms with Crippen molar-refractivity contribution in [3.8, 4) is 0 Å². The van der Waals surface area contributed by atoms with Gasteiger partial charge in [0.2, 0.25) is 5.95 Å². The molecule has 0 aliphatic rings. The number of rotatable bonds is 4. The SMILES string of the molecule is CCNc1ncc(F)c(Nc2c(F)ccc(C)c2F)n1. The number of hydrogen-bond acceptors (Lipinski definition) is 4. The van der Waals surface area contributed by atoms with Crippen LogP contribution in [0, 0.1) is 24.4 Å². The molecular weight excluding hydrogens is 269 g/mol. The van der Waals surface area contributed by atoms with Crippen LogP contribution in [0.5, 0.6) is 0 Å². The Balaban J connectivity index is 2.39. The van der Waals surface area contributed by atoms with E-state index in [1.165, 1.54) is 13.0 Å². The van der Waals surface area contributed by atoms with Crippen LogP contribution in [0.15, 0.2) is 18.3 Å². The zero-order valence-corrected chi connectivity index (χ0v) is 11.0. The maximum atomic E-state index is 13.8. The summed E-state index contributed by atoms with van der Waals surface area (Å²) in [4.78, 5) is 7.54. The Labute approximate surface area is 114 Å². The van der Waals surface area contributed by atoms with Crippen molar-refractivity contribution in [3.63, 3.8) is 0 Å². The lowest BCUT2D eigenvalue weighted by Crippen LogP contribution is -2.07. The fraction of sp³-hybridized carbons (Fsp3) is 0.231. The molecule has 1 aromatic carbocycles. The van der Waals surface area contributed by atoms with E-state index < -0.39 is 23.1 Å².